The maximum Gasteiger partial charge on any atom is 0.326 e. The highest BCUT2D eigenvalue weighted by atomic mass is 16.4. The van der Waals surface area contributed by atoms with E-state index >= 15 is 0 Å². The first-order chi connectivity index (χ1) is 10.2. The normalized spacial score (nSPS) is 14.5. The largest absolute Gasteiger partial charge is 0.481 e. The van der Waals surface area contributed by atoms with Gasteiger partial charge in [-0.25, -0.2) is 4.79 Å². The maximum absolute atomic E-state index is 12.2. The van der Waals surface area contributed by atoms with E-state index in [0.29, 0.717) is 6.42 Å². The summed E-state index contributed by atoms with van der Waals surface area (Å²) in [5.41, 5.74) is 5.19. The van der Waals surface area contributed by atoms with E-state index in [9.17, 15) is 19.2 Å². The number of nitrogens with one attached hydrogen (secondary N) is 2. The highest BCUT2D eigenvalue weighted by Crippen LogP contribution is 2.09. The van der Waals surface area contributed by atoms with Gasteiger partial charge in [-0.15, -0.1) is 0 Å². The molecule has 3 atom stereocenters. The molecule has 3 unspecified atom stereocenters. The molecule has 0 rings (SSSR count). The first-order valence-corrected chi connectivity index (χ1v) is 6.97. The molecule has 2 amide bonds. The average Bonchev–Trinajstić information content (AvgIpc) is 2.46. The summed E-state index contributed by atoms with van der Waals surface area (Å²) in [6.45, 7) is 3.26. The van der Waals surface area contributed by atoms with Gasteiger partial charge in [0.25, 0.3) is 0 Å². The summed E-state index contributed by atoms with van der Waals surface area (Å²) < 4.78 is 0. The number of amides is 2. The van der Waals surface area contributed by atoms with Gasteiger partial charge in [0.2, 0.25) is 11.8 Å². The van der Waals surface area contributed by atoms with Gasteiger partial charge in [0.15, 0.2) is 0 Å². The smallest absolute Gasteiger partial charge is 0.326 e. The van der Waals surface area contributed by atoms with Gasteiger partial charge in [0.1, 0.15) is 12.1 Å². The molecule has 0 fully saturated rings. The predicted molar refractivity (Wildman–Crippen MR) is 76.9 cm³/mol. The minimum Gasteiger partial charge on any atom is -0.481 e. The second kappa shape index (κ2) is 9.72. The molecule has 0 aromatic carbocycles. The van der Waals surface area contributed by atoms with E-state index in [2.05, 4.69) is 10.6 Å². The standard InChI is InChI=1S/C13H23N3O6/c1-3-7(2)11(16-9(17)6-14)12(20)15-8(13(21)22)4-5-10(18)19/h7-8,11H,3-6,14H2,1-2H3,(H,15,20)(H,16,17)(H,18,19)(H,21,22). The Labute approximate surface area is 128 Å². The number of carboxylic acids is 2. The Bertz CT molecular complexity index is 426. The lowest BCUT2D eigenvalue weighted by molar-refractivity contribution is -0.143. The molecule has 0 heterocycles. The SMILES string of the molecule is CCC(C)C(NC(=O)CN)C(=O)NC(CCC(=O)O)C(=O)O. The molecule has 9 heteroatoms. The number of nitrogens with two attached hydrogens (primary N) is 1. The van der Waals surface area contributed by atoms with E-state index in [-0.39, 0.29) is 25.3 Å². The van der Waals surface area contributed by atoms with Crippen molar-refractivity contribution in [2.24, 2.45) is 11.7 Å². The molecule has 0 radical (unpaired) electrons. The third-order valence-electron chi connectivity index (χ3n) is 3.26. The summed E-state index contributed by atoms with van der Waals surface area (Å²) in [6, 6.07) is -2.25. The predicted octanol–water partition coefficient (Wildman–Crippen LogP) is -1.09. The van der Waals surface area contributed by atoms with Crippen LogP contribution in [-0.2, 0) is 19.2 Å². The number of carbonyl (C=O) groups is 4. The van der Waals surface area contributed by atoms with Crippen LogP contribution in [0.5, 0.6) is 0 Å². The van der Waals surface area contributed by atoms with Gasteiger partial charge in [-0.1, -0.05) is 20.3 Å². The quantitative estimate of drug-likeness (QED) is 0.342. The van der Waals surface area contributed by atoms with E-state index in [0.717, 1.165) is 0 Å². The minimum atomic E-state index is -1.33. The first-order valence-electron chi connectivity index (χ1n) is 6.97. The molecule has 6 N–H and O–H groups in total. The summed E-state index contributed by atoms with van der Waals surface area (Å²) >= 11 is 0. The summed E-state index contributed by atoms with van der Waals surface area (Å²) in [5, 5.41) is 22.3. The van der Waals surface area contributed by atoms with E-state index in [1.54, 1.807) is 6.92 Å². The van der Waals surface area contributed by atoms with Crippen LogP contribution in [0.3, 0.4) is 0 Å². The molecule has 0 saturated heterocycles. The van der Waals surface area contributed by atoms with Crippen LogP contribution in [-0.4, -0.2) is 52.6 Å². The van der Waals surface area contributed by atoms with E-state index in [1.807, 2.05) is 6.92 Å². The zero-order valence-electron chi connectivity index (χ0n) is 12.7. The van der Waals surface area contributed by atoms with Crippen LogP contribution < -0.4 is 16.4 Å². The van der Waals surface area contributed by atoms with Crippen LogP contribution in [0.2, 0.25) is 0 Å². The third-order valence-corrected chi connectivity index (χ3v) is 3.26. The highest BCUT2D eigenvalue weighted by molar-refractivity contribution is 5.91. The number of hydrogen-bond acceptors (Lipinski definition) is 5. The number of hydrogen-bond donors (Lipinski definition) is 5. The van der Waals surface area contributed by atoms with E-state index in [4.69, 9.17) is 15.9 Å². The summed E-state index contributed by atoms with van der Waals surface area (Å²) in [7, 11) is 0. The summed E-state index contributed by atoms with van der Waals surface area (Å²) in [5.74, 6) is -3.92. The molecule has 9 nitrogen and oxygen atoms in total. The molecule has 0 aliphatic carbocycles. The van der Waals surface area contributed by atoms with Crippen molar-refractivity contribution in [2.75, 3.05) is 6.54 Å². The fraction of sp³-hybridized carbons (Fsp3) is 0.692. The highest BCUT2D eigenvalue weighted by Gasteiger charge is 2.29. The molecule has 0 spiro atoms. The first kappa shape index (κ1) is 19.8. The minimum absolute atomic E-state index is 0.232. The van der Waals surface area contributed by atoms with E-state index < -0.39 is 35.8 Å². The Morgan fingerprint density at radius 3 is 2.14 bits per heavy atom. The van der Waals surface area contributed by atoms with Crippen molar-refractivity contribution in [2.45, 2.75) is 45.2 Å². The number of aliphatic carboxylic acids is 2. The van der Waals surface area contributed by atoms with Crippen molar-refractivity contribution >= 4 is 23.8 Å². The van der Waals surface area contributed by atoms with Crippen LogP contribution in [0.15, 0.2) is 0 Å². The molecule has 0 aromatic heterocycles. The van der Waals surface area contributed by atoms with Gasteiger partial charge in [-0.3, -0.25) is 14.4 Å². The van der Waals surface area contributed by atoms with Crippen LogP contribution >= 0.6 is 0 Å². The van der Waals surface area contributed by atoms with Crippen molar-refractivity contribution in [1.29, 1.82) is 0 Å². The molecule has 0 saturated carbocycles. The zero-order valence-corrected chi connectivity index (χ0v) is 12.7. The molecule has 126 valence electrons. The summed E-state index contributed by atoms with van der Waals surface area (Å²) in [6.07, 6.45) is -0.0509. The lowest BCUT2D eigenvalue weighted by Crippen LogP contribution is -2.55. The Kier molecular flexibility index (Phi) is 8.76. The lowest BCUT2D eigenvalue weighted by Gasteiger charge is -2.25. The monoisotopic (exact) mass is 317 g/mol. The van der Waals surface area contributed by atoms with Gasteiger partial charge >= 0.3 is 11.9 Å². The lowest BCUT2D eigenvalue weighted by atomic mass is 9.97. The Morgan fingerprint density at radius 2 is 1.73 bits per heavy atom. The molecule has 22 heavy (non-hydrogen) atoms. The fourth-order valence-electron chi connectivity index (χ4n) is 1.72. The molecule has 0 aliphatic heterocycles. The van der Waals surface area contributed by atoms with Gasteiger partial charge in [-0.05, 0) is 12.3 Å². The van der Waals surface area contributed by atoms with Crippen LogP contribution in [0.25, 0.3) is 0 Å². The third kappa shape index (κ3) is 7.02. The van der Waals surface area contributed by atoms with Crippen LogP contribution in [0.1, 0.15) is 33.1 Å². The number of rotatable bonds is 10. The average molecular weight is 317 g/mol. The van der Waals surface area contributed by atoms with Gasteiger partial charge < -0.3 is 26.6 Å². The van der Waals surface area contributed by atoms with Crippen molar-refractivity contribution < 1.29 is 29.4 Å². The molecular formula is C13H23N3O6. The van der Waals surface area contributed by atoms with Gasteiger partial charge in [-0.2, -0.15) is 0 Å². The second-order valence-corrected chi connectivity index (χ2v) is 4.97. The Hall–Kier alpha value is -2.16. The number of carboxylic acid groups (broad SMARTS) is 2. The molecule has 0 bridgehead atoms. The van der Waals surface area contributed by atoms with Crippen molar-refractivity contribution in [1.82, 2.24) is 10.6 Å². The van der Waals surface area contributed by atoms with Crippen molar-refractivity contribution in [3.63, 3.8) is 0 Å². The maximum atomic E-state index is 12.2. The molecule has 0 aliphatic rings. The Morgan fingerprint density at radius 1 is 1.14 bits per heavy atom. The van der Waals surface area contributed by atoms with Crippen molar-refractivity contribution in [3.05, 3.63) is 0 Å². The Balaban J connectivity index is 4.91. The van der Waals surface area contributed by atoms with E-state index in [1.165, 1.54) is 0 Å². The zero-order chi connectivity index (χ0) is 17.3. The van der Waals surface area contributed by atoms with Gasteiger partial charge in [0.05, 0.1) is 6.54 Å². The topological polar surface area (TPSA) is 159 Å². The second-order valence-electron chi connectivity index (χ2n) is 4.97. The van der Waals surface area contributed by atoms with Gasteiger partial charge in [0, 0.05) is 6.42 Å². The summed E-state index contributed by atoms with van der Waals surface area (Å²) in [4.78, 5) is 45.1. The van der Waals surface area contributed by atoms with Crippen molar-refractivity contribution in [3.8, 4) is 0 Å². The number of carbonyl (C=O) groups excluding carboxylic acids is 2. The fourth-order valence-corrected chi connectivity index (χ4v) is 1.72. The van der Waals surface area contributed by atoms with Crippen LogP contribution in [0, 0.1) is 5.92 Å². The van der Waals surface area contributed by atoms with Crippen LogP contribution in [0.4, 0.5) is 0 Å². The molecule has 0 aromatic rings. The molecular weight excluding hydrogens is 294 g/mol.